The van der Waals surface area contributed by atoms with E-state index < -0.39 is 9.83 Å². The Labute approximate surface area is 73.3 Å². The minimum Gasteiger partial charge on any atom is -0.380 e. The van der Waals surface area contributed by atoms with E-state index in [1.807, 2.05) is 19.0 Å². The van der Waals surface area contributed by atoms with Crippen molar-refractivity contribution in [2.45, 2.75) is 0 Å². The van der Waals surface area contributed by atoms with E-state index in [9.17, 15) is 4.21 Å². The Morgan fingerprint density at radius 1 is 1.70 bits per heavy atom. The van der Waals surface area contributed by atoms with Gasteiger partial charge in [0.25, 0.3) is 0 Å². The van der Waals surface area contributed by atoms with E-state index in [2.05, 4.69) is 0 Å². The van der Waals surface area contributed by atoms with Crippen LogP contribution >= 0.6 is 23.2 Å². The Morgan fingerprint density at radius 3 is 2.50 bits per heavy atom. The van der Waals surface area contributed by atoms with Gasteiger partial charge >= 0.3 is 0 Å². The summed E-state index contributed by atoms with van der Waals surface area (Å²) in [5.74, 6) is 0.889. The zero-order valence-electron chi connectivity index (χ0n) is 5.86. The molecule has 0 saturated carbocycles. The highest BCUT2D eigenvalue weighted by atomic mass is 35.5. The van der Waals surface area contributed by atoms with Crippen LogP contribution in [0.15, 0.2) is 11.1 Å². The molecule has 0 spiro atoms. The predicted molar refractivity (Wildman–Crippen MR) is 49.6 cm³/mol. The van der Waals surface area contributed by atoms with Gasteiger partial charge < -0.3 is 4.90 Å². The summed E-state index contributed by atoms with van der Waals surface area (Å²) in [5.41, 5.74) is 1.17. The highest BCUT2D eigenvalue weighted by molar-refractivity contribution is 8.70. The quantitative estimate of drug-likeness (QED) is 0.593. The maximum Gasteiger partial charge on any atom is 0.107 e. The van der Waals surface area contributed by atoms with E-state index in [1.165, 1.54) is 16.5 Å². The summed E-state index contributed by atoms with van der Waals surface area (Å²) >= 11 is 0. The van der Waals surface area contributed by atoms with Crippen molar-refractivity contribution in [2.75, 3.05) is 19.8 Å². The minimum absolute atomic E-state index is 0. The molecule has 2 nitrogen and oxygen atoms in total. The van der Waals surface area contributed by atoms with Crippen LogP contribution in [0, 0.1) is 0 Å². The lowest BCUT2D eigenvalue weighted by molar-refractivity contribution is 0.518. The van der Waals surface area contributed by atoms with Gasteiger partial charge in [0.05, 0.1) is 0 Å². The van der Waals surface area contributed by atoms with Crippen LogP contribution in [0.1, 0.15) is 0 Å². The summed E-state index contributed by atoms with van der Waals surface area (Å²) in [4.78, 5) is 2.00. The van der Waals surface area contributed by atoms with Crippen LogP contribution in [0.2, 0.25) is 0 Å². The number of halogens is 1. The summed E-state index contributed by atoms with van der Waals surface area (Å²) in [6.45, 7) is 0. The van der Waals surface area contributed by atoms with Gasteiger partial charge in [-0.3, -0.25) is 0 Å². The number of hydrogen-bond acceptors (Lipinski definition) is 3. The van der Waals surface area contributed by atoms with Crippen LogP contribution in [0.4, 0.5) is 0 Å². The Kier molecular flexibility index (Phi) is 4.40. The third-order valence-corrected chi connectivity index (χ3v) is 3.58. The van der Waals surface area contributed by atoms with Gasteiger partial charge in [0, 0.05) is 31.0 Å². The normalized spacial score (nSPS) is 23.4. The number of nitrogens with zero attached hydrogens (tertiary/aromatic N) is 1. The second-order valence-electron chi connectivity index (χ2n) is 2.03. The molecule has 0 amide bonds. The fraction of sp³-hybridized carbons (Fsp3) is 0.600. The Hall–Kier alpha value is 0.330. The molecule has 60 valence electrons. The van der Waals surface area contributed by atoms with Gasteiger partial charge in [-0.2, -0.15) is 0 Å². The van der Waals surface area contributed by atoms with Crippen molar-refractivity contribution in [3.8, 4) is 0 Å². The summed E-state index contributed by atoms with van der Waals surface area (Å²) < 4.78 is 10.7. The summed E-state index contributed by atoms with van der Waals surface area (Å²) in [6, 6.07) is 0. The largest absolute Gasteiger partial charge is 0.380 e. The van der Waals surface area contributed by atoms with Crippen molar-refractivity contribution in [1.29, 1.82) is 0 Å². The summed E-state index contributed by atoms with van der Waals surface area (Å²) in [7, 11) is 4.65. The average Bonchev–Trinajstić information content (AvgIpc) is 2.14. The highest BCUT2D eigenvalue weighted by Gasteiger charge is 2.11. The molecular formula is C5H10ClNOS2. The van der Waals surface area contributed by atoms with Gasteiger partial charge in [-0.15, -0.1) is 12.4 Å². The SMILES string of the molecule is CN(C)C1=CS(=O)SC1.Cl. The van der Waals surface area contributed by atoms with E-state index in [-0.39, 0.29) is 12.4 Å². The minimum atomic E-state index is -0.761. The van der Waals surface area contributed by atoms with E-state index in [0.717, 1.165) is 5.75 Å². The Morgan fingerprint density at radius 2 is 2.30 bits per heavy atom. The van der Waals surface area contributed by atoms with Crippen molar-refractivity contribution >= 4 is 33.0 Å². The van der Waals surface area contributed by atoms with Crippen LogP contribution < -0.4 is 0 Å². The summed E-state index contributed by atoms with van der Waals surface area (Å²) in [5, 5.41) is 1.80. The lowest BCUT2D eigenvalue weighted by Gasteiger charge is -2.10. The lowest BCUT2D eigenvalue weighted by atomic mass is 10.5. The molecule has 0 aromatic heterocycles. The van der Waals surface area contributed by atoms with Crippen molar-refractivity contribution < 1.29 is 4.21 Å². The highest BCUT2D eigenvalue weighted by Crippen LogP contribution is 2.23. The molecule has 0 fully saturated rings. The second-order valence-corrected chi connectivity index (χ2v) is 5.00. The van der Waals surface area contributed by atoms with E-state index in [0.29, 0.717) is 0 Å². The number of hydrogen-bond donors (Lipinski definition) is 0. The van der Waals surface area contributed by atoms with E-state index in [1.54, 1.807) is 5.41 Å². The molecule has 1 unspecified atom stereocenters. The first-order chi connectivity index (χ1) is 4.20. The van der Waals surface area contributed by atoms with Gasteiger partial charge in [0.2, 0.25) is 0 Å². The molecule has 0 bridgehead atoms. The first-order valence-corrected chi connectivity index (χ1v) is 5.33. The zero-order chi connectivity index (χ0) is 6.85. The zero-order valence-corrected chi connectivity index (χ0v) is 8.31. The topological polar surface area (TPSA) is 20.3 Å². The van der Waals surface area contributed by atoms with Gasteiger partial charge in [0.1, 0.15) is 9.83 Å². The third-order valence-electron chi connectivity index (χ3n) is 1.13. The van der Waals surface area contributed by atoms with Gasteiger partial charge in [0.15, 0.2) is 0 Å². The molecule has 0 N–H and O–H groups in total. The molecule has 0 saturated heterocycles. The third kappa shape index (κ3) is 2.52. The first-order valence-electron chi connectivity index (χ1n) is 2.62. The maximum atomic E-state index is 10.7. The van der Waals surface area contributed by atoms with Gasteiger partial charge in [-0.25, -0.2) is 4.21 Å². The fourth-order valence-electron chi connectivity index (χ4n) is 0.532. The monoisotopic (exact) mass is 199 g/mol. The summed E-state index contributed by atoms with van der Waals surface area (Å²) in [6.07, 6.45) is 0. The first kappa shape index (κ1) is 10.3. The average molecular weight is 200 g/mol. The van der Waals surface area contributed by atoms with Crippen molar-refractivity contribution in [3.05, 3.63) is 11.1 Å². The molecule has 1 aliphatic heterocycles. The van der Waals surface area contributed by atoms with Crippen LogP contribution in [0.25, 0.3) is 0 Å². The van der Waals surface area contributed by atoms with Gasteiger partial charge in [-0.05, 0) is 0 Å². The van der Waals surface area contributed by atoms with Crippen LogP contribution in [-0.2, 0) is 9.83 Å². The molecular weight excluding hydrogens is 190 g/mol. The van der Waals surface area contributed by atoms with Gasteiger partial charge in [-0.1, -0.05) is 10.8 Å². The Balaban J connectivity index is 0.000000810. The fourth-order valence-corrected chi connectivity index (χ4v) is 3.05. The molecule has 5 heteroatoms. The lowest BCUT2D eigenvalue weighted by Crippen LogP contribution is -2.10. The molecule has 0 radical (unpaired) electrons. The molecule has 10 heavy (non-hydrogen) atoms. The van der Waals surface area contributed by atoms with Crippen molar-refractivity contribution in [1.82, 2.24) is 4.90 Å². The molecule has 1 aliphatic rings. The smallest absolute Gasteiger partial charge is 0.107 e. The van der Waals surface area contributed by atoms with Crippen molar-refractivity contribution in [2.24, 2.45) is 0 Å². The van der Waals surface area contributed by atoms with Crippen LogP contribution in [0.3, 0.4) is 0 Å². The second kappa shape index (κ2) is 4.26. The van der Waals surface area contributed by atoms with E-state index in [4.69, 9.17) is 0 Å². The van der Waals surface area contributed by atoms with Crippen LogP contribution in [0.5, 0.6) is 0 Å². The van der Waals surface area contributed by atoms with Crippen LogP contribution in [-0.4, -0.2) is 29.0 Å². The maximum absolute atomic E-state index is 10.7. The Bertz CT molecular complexity index is 169. The predicted octanol–water partition coefficient (Wildman–Crippen LogP) is 1.22. The molecule has 1 atom stereocenters. The van der Waals surface area contributed by atoms with Crippen molar-refractivity contribution in [3.63, 3.8) is 0 Å². The molecule has 1 rings (SSSR count). The molecule has 0 aliphatic carbocycles. The molecule has 0 aromatic rings. The molecule has 0 aromatic carbocycles. The number of rotatable bonds is 1. The van der Waals surface area contributed by atoms with E-state index >= 15 is 0 Å². The molecule has 1 heterocycles. The standard InChI is InChI=1S/C5H9NOS2.ClH/c1-6(2)5-3-8-9(7)4-5;/h4H,3H2,1-2H3;1H.